The zero-order chi connectivity index (χ0) is 19.1. The fourth-order valence-electron chi connectivity index (χ4n) is 3.82. The molecule has 7 heteroatoms. The van der Waals surface area contributed by atoms with E-state index in [-0.39, 0.29) is 42.7 Å². The lowest BCUT2D eigenvalue weighted by molar-refractivity contribution is -0.149. The molecule has 0 saturated heterocycles. The molecule has 0 radical (unpaired) electrons. The van der Waals surface area contributed by atoms with Gasteiger partial charge in [0.05, 0.1) is 37.4 Å². The van der Waals surface area contributed by atoms with Gasteiger partial charge in [0.25, 0.3) is 0 Å². The number of esters is 1. The number of ether oxygens (including phenoxy) is 1. The van der Waals surface area contributed by atoms with E-state index in [0.717, 1.165) is 19.3 Å². The average Bonchev–Trinajstić information content (AvgIpc) is 2.97. The Bertz CT molecular complexity index is 471. The van der Waals surface area contributed by atoms with Crippen molar-refractivity contribution in [2.45, 2.75) is 75.1 Å². The molecule has 150 valence electrons. The highest BCUT2D eigenvalue weighted by atomic mass is 32.2. The number of carbonyl (C=O) groups excluding carboxylic acids is 1. The fourth-order valence-corrected chi connectivity index (χ4v) is 5.05. The molecule has 1 heterocycles. The van der Waals surface area contributed by atoms with Crippen molar-refractivity contribution in [1.29, 1.82) is 0 Å². The minimum Gasteiger partial charge on any atom is -0.463 e. The van der Waals surface area contributed by atoms with Crippen molar-refractivity contribution < 1.29 is 30.0 Å². The number of rotatable bonds is 4. The molecular weight excluding hydrogens is 356 g/mol. The van der Waals surface area contributed by atoms with Crippen molar-refractivity contribution in [2.24, 2.45) is 11.8 Å². The molecule has 0 aromatic heterocycles. The minimum atomic E-state index is -0.892. The Hall–Kier alpha value is -0.600. The van der Waals surface area contributed by atoms with Gasteiger partial charge >= 0.3 is 5.97 Å². The molecule has 0 spiro atoms. The summed E-state index contributed by atoms with van der Waals surface area (Å²) in [4.78, 5) is 12.3. The molecule has 26 heavy (non-hydrogen) atoms. The van der Waals surface area contributed by atoms with Gasteiger partial charge in [-0.3, -0.25) is 4.79 Å². The zero-order valence-electron chi connectivity index (χ0n) is 15.4. The molecule has 1 aliphatic heterocycles. The van der Waals surface area contributed by atoms with E-state index in [0.29, 0.717) is 12.8 Å². The van der Waals surface area contributed by atoms with Crippen LogP contribution >= 0.6 is 11.8 Å². The maximum Gasteiger partial charge on any atom is 0.307 e. The first-order valence-electron chi connectivity index (χ1n) is 9.53. The number of hydrogen-bond donors (Lipinski definition) is 4. The Labute approximate surface area is 159 Å². The number of fused-ring (bicyclic) bond motifs is 1. The lowest BCUT2D eigenvalue weighted by Gasteiger charge is -2.30. The number of carbonyl (C=O) groups is 1. The van der Waals surface area contributed by atoms with Crippen LogP contribution in [0.25, 0.3) is 0 Å². The monoisotopic (exact) mass is 388 g/mol. The Balaban J connectivity index is 2.16. The fraction of sp³-hybridized carbons (Fsp3) is 0.842. The third kappa shape index (κ3) is 6.53. The van der Waals surface area contributed by atoms with Crippen molar-refractivity contribution >= 4 is 17.7 Å². The minimum absolute atomic E-state index is 0.0529. The Morgan fingerprint density at radius 2 is 2.12 bits per heavy atom. The number of cyclic esters (lactones) is 1. The third-order valence-electron chi connectivity index (χ3n) is 5.24. The van der Waals surface area contributed by atoms with E-state index < -0.39 is 23.6 Å². The van der Waals surface area contributed by atoms with E-state index in [2.05, 4.69) is 12.2 Å². The highest BCUT2D eigenvalue weighted by Gasteiger charge is 2.40. The third-order valence-corrected chi connectivity index (χ3v) is 6.69. The van der Waals surface area contributed by atoms with Gasteiger partial charge in [-0.25, -0.2) is 0 Å². The summed E-state index contributed by atoms with van der Waals surface area (Å²) in [5.74, 6) is -0.164. The van der Waals surface area contributed by atoms with Crippen LogP contribution in [-0.4, -0.2) is 68.4 Å². The van der Waals surface area contributed by atoms with Crippen molar-refractivity contribution in [1.82, 2.24) is 0 Å². The number of allylic oxidation sites excluding steroid dienone is 2. The molecule has 0 amide bonds. The summed E-state index contributed by atoms with van der Waals surface area (Å²) in [6.45, 7) is 1.52. The van der Waals surface area contributed by atoms with Crippen LogP contribution in [0.3, 0.4) is 0 Å². The molecule has 1 aliphatic carbocycles. The normalized spacial score (nSPS) is 39.0. The van der Waals surface area contributed by atoms with Gasteiger partial charge in [0.15, 0.2) is 0 Å². The molecule has 1 saturated carbocycles. The second-order valence-electron chi connectivity index (χ2n) is 7.52. The summed E-state index contributed by atoms with van der Waals surface area (Å²) < 4.78 is 5.46. The molecule has 0 aromatic carbocycles. The first-order chi connectivity index (χ1) is 12.4. The second kappa shape index (κ2) is 10.7. The predicted octanol–water partition coefficient (Wildman–Crippen LogP) is 1.25. The van der Waals surface area contributed by atoms with Gasteiger partial charge in [-0.1, -0.05) is 12.2 Å². The molecule has 0 bridgehead atoms. The van der Waals surface area contributed by atoms with Crippen LogP contribution in [0.5, 0.6) is 0 Å². The van der Waals surface area contributed by atoms with Crippen molar-refractivity contribution in [2.75, 3.05) is 12.4 Å². The number of thioether (sulfide) groups is 1. The summed E-state index contributed by atoms with van der Waals surface area (Å²) in [7, 11) is 0. The van der Waals surface area contributed by atoms with Crippen molar-refractivity contribution in [3.05, 3.63) is 12.2 Å². The molecule has 2 rings (SSSR count). The molecule has 1 fully saturated rings. The standard InChI is InChI=1S/C19H32O6S/c1-12-5-3-2-4-6-13-7-14(21)8-16(13)19(24)17(9-18(23)25-12)26-11-15(22)10-20/h4,6,12-17,19-22,24H,2-3,5,7-11H2,1H3/b6-4+/t12-,13+,14-,15?,16+,17+,19-/m0/s1. The van der Waals surface area contributed by atoms with E-state index >= 15 is 0 Å². The van der Waals surface area contributed by atoms with Gasteiger partial charge in [0.1, 0.15) is 0 Å². The predicted molar refractivity (Wildman–Crippen MR) is 101 cm³/mol. The summed E-state index contributed by atoms with van der Waals surface area (Å²) >= 11 is 1.28. The number of aliphatic hydroxyl groups excluding tert-OH is 4. The molecule has 2 aliphatic rings. The van der Waals surface area contributed by atoms with Gasteiger partial charge in [0.2, 0.25) is 0 Å². The van der Waals surface area contributed by atoms with E-state index in [4.69, 9.17) is 9.84 Å². The highest BCUT2D eigenvalue weighted by Crippen LogP contribution is 2.39. The SMILES string of the molecule is C[C@H]1CCC/C=C/[C@@H]2C[C@H](O)C[C@H]2[C@H](O)[C@H](SCC(O)CO)CC(=O)O1. The Morgan fingerprint density at radius 1 is 1.35 bits per heavy atom. The zero-order valence-corrected chi connectivity index (χ0v) is 16.2. The smallest absolute Gasteiger partial charge is 0.307 e. The Kier molecular flexibility index (Phi) is 8.90. The number of hydrogen-bond acceptors (Lipinski definition) is 7. The largest absolute Gasteiger partial charge is 0.463 e. The van der Waals surface area contributed by atoms with Crippen LogP contribution in [0.2, 0.25) is 0 Å². The topological polar surface area (TPSA) is 107 Å². The lowest BCUT2D eigenvalue weighted by atomic mass is 9.87. The quantitative estimate of drug-likeness (QED) is 0.424. The molecule has 0 aromatic rings. The first-order valence-corrected chi connectivity index (χ1v) is 10.6. The molecule has 6 nitrogen and oxygen atoms in total. The van der Waals surface area contributed by atoms with Gasteiger partial charge < -0.3 is 25.2 Å². The van der Waals surface area contributed by atoms with E-state index in [1.165, 1.54) is 11.8 Å². The maximum atomic E-state index is 12.3. The average molecular weight is 389 g/mol. The van der Waals surface area contributed by atoms with Gasteiger partial charge in [-0.05, 0) is 50.9 Å². The first kappa shape index (κ1) is 21.7. The molecule has 4 N–H and O–H groups in total. The molecular formula is C19H32O6S. The van der Waals surface area contributed by atoms with Gasteiger partial charge in [-0.15, -0.1) is 0 Å². The summed E-state index contributed by atoms with van der Waals surface area (Å²) in [6, 6.07) is 0. The van der Waals surface area contributed by atoms with Crippen LogP contribution in [-0.2, 0) is 9.53 Å². The molecule has 1 unspecified atom stereocenters. The highest BCUT2D eigenvalue weighted by molar-refractivity contribution is 8.00. The van der Waals surface area contributed by atoms with Crippen molar-refractivity contribution in [3.8, 4) is 0 Å². The van der Waals surface area contributed by atoms with Crippen LogP contribution in [0.15, 0.2) is 12.2 Å². The maximum absolute atomic E-state index is 12.3. The van der Waals surface area contributed by atoms with E-state index in [1.807, 2.05) is 6.92 Å². The summed E-state index contributed by atoms with van der Waals surface area (Å²) in [5, 5.41) is 39.3. The lowest BCUT2D eigenvalue weighted by Crippen LogP contribution is -2.36. The van der Waals surface area contributed by atoms with Crippen LogP contribution < -0.4 is 0 Å². The number of aliphatic hydroxyl groups is 4. The van der Waals surface area contributed by atoms with Gasteiger partial charge in [0, 0.05) is 11.0 Å². The van der Waals surface area contributed by atoms with E-state index in [9.17, 15) is 20.1 Å². The molecule has 7 atom stereocenters. The van der Waals surface area contributed by atoms with Gasteiger partial charge in [-0.2, -0.15) is 11.8 Å². The van der Waals surface area contributed by atoms with Crippen molar-refractivity contribution in [3.63, 3.8) is 0 Å². The summed E-state index contributed by atoms with van der Waals surface area (Å²) in [5.41, 5.74) is 0. The Morgan fingerprint density at radius 3 is 2.85 bits per heavy atom. The summed E-state index contributed by atoms with van der Waals surface area (Å²) in [6.07, 6.45) is 5.68. The van der Waals surface area contributed by atoms with Crippen LogP contribution in [0.4, 0.5) is 0 Å². The van der Waals surface area contributed by atoms with Crippen LogP contribution in [0.1, 0.15) is 45.4 Å². The van der Waals surface area contributed by atoms with E-state index in [1.54, 1.807) is 0 Å². The second-order valence-corrected chi connectivity index (χ2v) is 8.79. The van der Waals surface area contributed by atoms with Crippen LogP contribution in [0, 0.1) is 11.8 Å².